The van der Waals surface area contributed by atoms with E-state index in [2.05, 4.69) is 10.1 Å². The van der Waals surface area contributed by atoms with Crippen LogP contribution in [-0.2, 0) is 20.7 Å². The summed E-state index contributed by atoms with van der Waals surface area (Å²) in [6.45, 7) is 4.27. The van der Waals surface area contributed by atoms with Crippen LogP contribution >= 0.6 is 0 Å². The Kier molecular flexibility index (Phi) is 5.87. The van der Waals surface area contributed by atoms with Crippen LogP contribution < -0.4 is 10.2 Å². The lowest BCUT2D eigenvalue weighted by Gasteiger charge is -2.22. The van der Waals surface area contributed by atoms with Crippen molar-refractivity contribution in [3.05, 3.63) is 53.1 Å². The molecule has 1 heterocycles. The Morgan fingerprint density at radius 2 is 2.03 bits per heavy atom. The van der Waals surface area contributed by atoms with Crippen LogP contribution in [0.1, 0.15) is 34.8 Å². The molecule has 3 rings (SSSR count). The van der Waals surface area contributed by atoms with Crippen molar-refractivity contribution in [1.82, 2.24) is 0 Å². The van der Waals surface area contributed by atoms with Crippen LogP contribution in [0, 0.1) is 12.8 Å². The van der Waals surface area contributed by atoms with Crippen molar-refractivity contribution in [2.24, 2.45) is 5.92 Å². The number of hydrogen-bond acceptors (Lipinski definition) is 5. The third-order valence-corrected chi connectivity index (χ3v) is 5.14. The van der Waals surface area contributed by atoms with Gasteiger partial charge < -0.3 is 20.1 Å². The number of rotatable bonds is 5. The van der Waals surface area contributed by atoms with Crippen LogP contribution in [0.2, 0.25) is 0 Å². The van der Waals surface area contributed by atoms with Crippen LogP contribution in [0.3, 0.4) is 0 Å². The molecule has 1 fully saturated rings. The lowest BCUT2D eigenvalue weighted by Crippen LogP contribution is -2.29. The van der Waals surface area contributed by atoms with E-state index in [-0.39, 0.29) is 41.8 Å². The van der Waals surface area contributed by atoms with Crippen molar-refractivity contribution in [2.45, 2.75) is 26.7 Å². The zero-order valence-corrected chi connectivity index (χ0v) is 16.7. The van der Waals surface area contributed by atoms with E-state index in [4.69, 9.17) is 0 Å². The van der Waals surface area contributed by atoms with E-state index in [0.717, 1.165) is 23.2 Å². The van der Waals surface area contributed by atoms with E-state index < -0.39 is 11.9 Å². The maximum Gasteiger partial charge on any atom is 0.337 e. The number of carbonyl (C=O) groups is 3. The summed E-state index contributed by atoms with van der Waals surface area (Å²) < 4.78 is 4.61. The summed E-state index contributed by atoms with van der Waals surface area (Å²) in [4.78, 5) is 38.5. The van der Waals surface area contributed by atoms with E-state index in [9.17, 15) is 19.5 Å². The fourth-order valence-electron chi connectivity index (χ4n) is 3.61. The highest BCUT2D eigenvalue weighted by Gasteiger charge is 2.36. The fraction of sp³-hybridized carbons (Fsp3) is 0.318. The van der Waals surface area contributed by atoms with Gasteiger partial charge in [0.1, 0.15) is 5.75 Å². The molecule has 0 aliphatic carbocycles. The number of nitrogens with one attached hydrogen (secondary N) is 1. The van der Waals surface area contributed by atoms with Gasteiger partial charge in [0.25, 0.3) is 0 Å². The summed E-state index contributed by atoms with van der Waals surface area (Å²) in [5.41, 5.74) is 3.29. The predicted octanol–water partition coefficient (Wildman–Crippen LogP) is 3.04. The summed E-state index contributed by atoms with van der Waals surface area (Å²) >= 11 is 0. The fourth-order valence-corrected chi connectivity index (χ4v) is 3.61. The predicted molar refractivity (Wildman–Crippen MR) is 109 cm³/mol. The van der Waals surface area contributed by atoms with Gasteiger partial charge in [-0.15, -0.1) is 0 Å². The summed E-state index contributed by atoms with van der Waals surface area (Å²) in [7, 11) is 1.25. The molecule has 0 aromatic heterocycles. The normalized spacial score (nSPS) is 16.0. The smallest absolute Gasteiger partial charge is 0.337 e. The third-order valence-electron chi connectivity index (χ3n) is 5.14. The molecule has 2 aromatic carbocycles. The highest BCUT2D eigenvalue weighted by Crippen LogP contribution is 2.33. The molecule has 1 unspecified atom stereocenters. The van der Waals surface area contributed by atoms with Gasteiger partial charge in [-0.05, 0) is 42.7 Å². The van der Waals surface area contributed by atoms with E-state index in [1.807, 2.05) is 32.0 Å². The largest absolute Gasteiger partial charge is 0.506 e. The monoisotopic (exact) mass is 396 g/mol. The number of benzene rings is 2. The number of phenols is 1. The van der Waals surface area contributed by atoms with Crippen LogP contribution in [0.15, 0.2) is 36.4 Å². The number of anilines is 2. The van der Waals surface area contributed by atoms with E-state index in [1.54, 1.807) is 4.90 Å². The van der Waals surface area contributed by atoms with Crippen molar-refractivity contribution < 1.29 is 24.2 Å². The van der Waals surface area contributed by atoms with E-state index >= 15 is 0 Å². The molecule has 7 nitrogen and oxygen atoms in total. The summed E-state index contributed by atoms with van der Waals surface area (Å²) in [6.07, 6.45) is 0.891. The number of amides is 2. The number of carbonyl (C=O) groups excluding carboxylic acids is 3. The van der Waals surface area contributed by atoms with Crippen molar-refractivity contribution in [3.8, 4) is 5.75 Å². The molecular formula is C22H24N2O5. The van der Waals surface area contributed by atoms with Crippen molar-refractivity contribution in [1.29, 1.82) is 0 Å². The minimum Gasteiger partial charge on any atom is -0.506 e. The Morgan fingerprint density at radius 1 is 1.28 bits per heavy atom. The Morgan fingerprint density at radius 3 is 2.69 bits per heavy atom. The van der Waals surface area contributed by atoms with Crippen LogP contribution in [0.25, 0.3) is 0 Å². The summed E-state index contributed by atoms with van der Waals surface area (Å²) in [5.74, 6) is -1.81. The highest BCUT2D eigenvalue weighted by atomic mass is 16.5. The molecule has 2 aromatic rings. The number of para-hydroxylation sites is 1. The first-order chi connectivity index (χ1) is 13.8. The van der Waals surface area contributed by atoms with Gasteiger partial charge in [0.15, 0.2) is 0 Å². The van der Waals surface area contributed by atoms with Gasteiger partial charge in [0.05, 0.1) is 24.3 Å². The van der Waals surface area contributed by atoms with E-state index in [1.165, 1.54) is 25.3 Å². The topological polar surface area (TPSA) is 95.9 Å². The first-order valence-electron chi connectivity index (χ1n) is 9.46. The van der Waals surface area contributed by atoms with Gasteiger partial charge in [-0.2, -0.15) is 0 Å². The molecule has 2 N–H and O–H groups in total. The molecule has 7 heteroatoms. The minimum absolute atomic E-state index is 0.0978. The molecule has 2 amide bonds. The van der Waals surface area contributed by atoms with Crippen LogP contribution in [0.4, 0.5) is 11.4 Å². The number of hydrogen-bond donors (Lipinski definition) is 2. The van der Waals surface area contributed by atoms with Gasteiger partial charge in [-0.3, -0.25) is 9.59 Å². The van der Waals surface area contributed by atoms with Gasteiger partial charge in [0.2, 0.25) is 11.8 Å². The zero-order chi connectivity index (χ0) is 21.1. The first-order valence-corrected chi connectivity index (χ1v) is 9.46. The first kappa shape index (κ1) is 20.4. The van der Waals surface area contributed by atoms with Crippen molar-refractivity contribution in [2.75, 3.05) is 23.9 Å². The molecular weight excluding hydrogens is 372 g/mol. The quantitative estimate of drug-likeness (QED) is 0.598. The molecule has 152 valence electrons. The lowest BCUT2D eigenvalue weighted by atomic mass is 10.0. The molecule has 0 spiro atoms. The third kappa shape index (κ3) is 4.08. The van der Waals surface area contributed by atoms with Crippen molar-refractivity contribution in [3.63, 3.8) is 0 Å². The standard InChI is InChI=1S/C22H24N2O5/c1-4-14-7-5-6-13(2)20(14)24-12-16(11-19(24)26)21(27)23-17-9-8-15(10-18(17)25)22(28)29-3/h5-10,16,25H,4,11-12H2,1-3H3,(H,23,27). The van der Waals surface area contributed by atoms with Gasteiger partial charge >= 0.3 is 5.97 Å². The van der Waals surface area contributed by atoms with Gasteiger partial charge in [-0.1, -0.05) is 25.1 Å². The maximum atomic E-state index is 12.7. The number of ether oxygens (including phenoxy) is 1. The number of nitrogens with zero attached hydrogens (tertiary/aromatic N) is 1. The Bertz CT molecular complexity index is 970. The molecule has 1 saturated heterocycles. The number of aromatic hydroxyl groups is 1. The molecule has 0 saturated carbocycles. The van der Waals surface area contributed by atoms with Gasteiger partial charge in [-0.25, -0.2) is 4.79 Å². The molecule has 0 bridgehead atoms. The number of esters is 1. The summed E-state index contributed by atoms with van der Waals surface area (Å²) in [6, 6.07) is 10.0. The number of phenolic OH excluding ortho intramolecular Hbond substituents is 1. The van der Waals surface area contributed by atoms with Gasteiger partial charge in [0, 0.05) is 18.7 Å². The van der Waals surface area contributed by atoms with Crippen LogP contribution in [-0.4, -0.2) is 36.5 Å². The van der Waals surface area contributed by atoms with Crippen molar-refractivity contribution >= 4 is 29.2 Å². The number of aryl methyl sites for hydroxylation is 2. The Hall–Kier alpha value is -3.35. The zero-order valence-electron chi connectivity index (χ0n) is 16.7. The molecule has 1 aliphatic heterocycles. The molecule has 29 heavy (non-hydrogen) atoms. The van der Waals surface area contributed by atoms with Crippen LogP contribution in [0.5, 0.6) is 5.75 Å². The molecule has 0 radical (unpaired) electrons. The SMILES string of the molecule is CCc1cccc(C)c1N1CC(C(=O)Nc2ccc(C(=O)OC)cc2O)CC1=O. The average Bonchev–Trinajstić information content (AvgIpc) is 3.09. The lowest BCUT2D eigenvalue weighted by molar-refractivity contribution is -0.122. The average molecular weight is 396 g/mol. The Labute approximate surface area is 169 Å². The van der Waals surface area contributed by atoms with E-state index in [0.29, 0.717) is 0 Å². The highest BCUT2D eigenvalue weighted by molar-refractivity contribution is 6.04. The second-order valence-corrected chi connectivity index (χ2v) is 7.05. The number of methoxy groups -OCH3 is 1. The molecule has 1 aliphatic rings. The minimum atomic E-state index is -0.583. The second kappa shape index (κ2) is 8.34. The summed E-state index contributed by atoms with van der Waals surface area (Å²) in [5, 5.41) is 12.8. The second-order valence-electron chi connectivity index (χ2n) is 7.05. The molecule has 1 atom stereocenters. The Balaban J connectivity index is 1.76. The maximum absolute atomic E-state index is 12.7.